The Labute approximate surface area is 126 Å². The standard InChI is InChI=1S/C16H17BrOS/c1-3-11(2)15(12-7-5-4-6-8-12)16(18)13-9-19-10-14(13)17/h4-11,15H,3H2,1-2H3. The van der Waals surface area contributed by atoms with Crippen molar-refractivity contribution in [3.8, 4) is 0 Å². The second-order valence-electron chi connectivity index (χ2n) is 4.77. The first-order valence-electron chi connectivity index (χ1n) is 6.46. The number of hydrogen-bond acceptors (Lipinski definition) is 2. The highest BCUT2D eigenvalue weighted by Gasteiger charge is 2.28. The summed E-state index contributed by atoms with van der Waals surface area (Å²) in [6.07, 6.45) is 0.993. The third-order valence-electron chi connectivity index (χ3n) is 3.53. The Morgan fingerprint density at radius 3 is 2.47 bits per heavy atom. The van der Waals surface area contributed by atoms with Crippen LogP contribution in [0.1, 0.15) is 42.1 Å². The average Bonchev–Trinajstić information content (AvgIpc) is 2.86. The number of thiophene rings is 1. The third kappa shape index (κ3) is 3.15. The summed E-state index contributed by atoms with van der Waals surface area (Å²) in [4.78, 5) is 12.8. The Hall–Kier alpha value is -0.930. The molecule has 1 nitrogen and oxygen atoms in total. The van der Waals surface area contributed by atoms with E-state index in [1.54, 1.807) is 11.3 Å². The number of Topliss-reactive ketones (excluding diaryl/α,β-unsaturated/α-hetero) is 1. The summed E-state index contributed by atoms with van der Waals surface area (Å²) in [5.41, 5.74) is 1.92. The molecule has 19 heavy (non-hydrogen) atoms. The van der Waals surface area contributed by atoms with Gasteiger partial charge in [0.1, 0.15) is 0 Å². The smallest absolute Gasteiger partial charge is 0.172 e. The maximum absolute atomic E-state index is 12.8. The van der Waals surface area contributed by atoms with E-state index in [1.807, 2.05) is 29.0 Å². The molecule has 2 rings (SSSR count). The lowest BCUT2D eigenvalue weighted by Gasteiger charge is -2.22. The van der Waals surface area contributed by atoms with Gasteiger partial charge in [-0.15, -0.1) is 0 Å². The molecule has 0 amide bonds. The summed E-state index contributed by atoms with van der Waals surface area (Å²) in [5.74, 6) is 0.493. The van der Waals surface area contributed by atoms with Crippen molar-refractivity contribution in [3.05, 3.63) is 56.7 Å². The molecule has 0 aliphatic heterocycles. The van der Waals surface area contributed by atoms with E-state index in [-0.39, 0.29) is 11.7 Å². The van der Waals surface area contributed by atoms with Gasteiger partial charge in [0.15, 0.2) is 5.78 Å². The van der Waals surface area contributed by atoms with Crippen molar-refractivity contribution in [3.63, 3.8) is 0 Å². The van der Waals surface area contributed by atoms with Gasteiger partial charge in [-0.1, -0.05) is 50.6 Å². The van der Waals surface area contributed by atoms with Gasteiger partial charge in [-0.05, 0) is 27.4 Å². The molecule has 0 aliphatic carbocycles. The maximum Gasteiger partial charge on any atom is 0.172 e. The lowest BCUT2D eigenvalue weighted by atomic mass is 9.81. The Morgan fingerprint density at radius 2 is 1.95 bits per heavy atom. The van der Waals surface area contributed by atoms with E-state index in [2.05, 4.69) is 41.9 Å². The lowest BCUT2D eigenvalue weighted by molar-refractivity contribution is 0.0932. The number of carbonyl (C=O) groups excluding carboxylic acids is 1. The van der Waals surface area contributed by atoms with Crippen LogP contribution in [0.3, 0.4) is 0 Å². The summed E-state index contributed by atoms with van der Waals surface area (Å²) < 4.78 is 0.909. The topological polar surface area (TPSA) is 17.1 Å². The van der Waals surface area contributed by atoms with Crippen molar-refractivity contribution in [1.82, 2.24) is 0 Å². The average molecular weight is 337 g/mol. The molecule has 2 aromatic rings. The van der Waals surface area contributed by atoms with Crippen LogP contribution in [0, 0.1) is 5.92 Å². The SMILES string of the molecule is CCC(C)C(C(=O)c1cscc1Br)c1ccccc1. The van der Waals surface area contributed by atoms with Gasteiger partial charge in [0, 0.05) is 26.7 Å². The molecule has 0 saturated heterocycles. The van der Waals surface area contributed by atoms with Crippen LogP contribution in [0.2, 0.25) is 0 Å². The van der Waals surface area contributed by atoms with Crippen LogP contribution in [-0.2, 0) is 0 Å². The van der Waals surface area contributed by atoms with Gasteiger partial charge >= 0.3 is 0 Å². The monoisotopic (exact) mass is 336 g/mol. The van der Waals surface area contributed by atoms with Crippen LogP contribution in [0.25, 0.3) is 0 Å². The van der Waals surface area contributed by atoms with Crippen LogP contribution in [0.5, 0.6) is 0 Å². The molecule has 1 aromatic heterocycles. The highest BCUT2D eigenvalue weighted by atomic mass is 79.9. The number of ketones is 1. The second-order valence-corrected chi connectivity index (χ2v) is 6.37. The van der Waals surface area contributed by atoms with Crippen molar-refractivity contribution < 1.29 is 4.79 Å². The number of benzene rings is 1. The fourth-order valence-corrected chi connectivity index (χ4v) is 3.74. The minimum absolute atomic E-state index is 0.0582. The summed E-state index contributed by atoms with van der Waals surface area (Å²) in [6, 6.07) is 10.1. The van der Waals surface area contributed by atoms with Gasteiger partial charge in [0.2, 0.25) is 0 Å². The van der Waals surface area contributed by atoms with Crippen LogP contribution < -0.4 is 0 Å². The van der Waals surface area contributed by atoms with Gasteiger partial charge in [-0.3, -0.25) is 4.79 Å². The van der Waals surface area contributed by atoms with Crippen molar-refractivity contribution in [2.24, 2.45) is 5.92 Å². The van der Waals surface area contributed by atoms with E-state index in [0.29, 0.717) is 5.92 Å². The zero-order chi connectivity index (χ0) is 13.8. The van der Waals surface area contributed by atoms with Crippen molar-refractivity contribution in [1.29, 1.82) is 0 Å². The highest BCUT2D eigenvalue weighted by Crippen LogP contribution is 2.33. The van der Waals surface area contributed by atoms with Gasteiger partial charge in [0.05, 0.1) is 0 Å². The number of rotatable bonds is 5. The fraction of sp³-hybridized carbons (Fsp3) is 0.312. The number of carbonyl (C=O) groups is 1. The molecule has 0 radical (unpaired) electrons. The predicted molar refractivity (Wildman–Crippen MR) is 85.0 cm³/mol. The largest absolute Gasteiger partial charge is 0.293 e. The predicted octanol–water partition coefficient (Wildman–Crippen LogP) is 5.52. The molecule has 1 heterocycles. The summed E-state index contributed by atoms with van der Waals surface area (Å²) in [7, 11) is 0. The molecule has 0 aliphatic rings. The van der Waals surface area contributed by atoms with Crippen molar-refractivity contribution in [2.75, 3.05) is 0 Å². The van der Waals surface area contributed by atoms with Crippen LogP contribution in [0.4, 0.5) is 0 Å². The molecular weight excluding hydrogens is 320 g/mol. The first-order valence-corrected chi connectivity index (χ1v) is 8.19. The first kappa shape index (κ1) is 14.5. The Morgan fingerprint density at radius 1 is 1.26 bits per heavy atom. The van der Waals surface area contributed by atoms with Crippen molar-refractivity contribution in [2.45, 2.75) is 26.2 Å². The Bertz CT molecular complexity index is 547. The zero-order valence-corrected chi connectivity index (χ0v) is 13.5. The molecule has 0 N–H and O–H groups in total. The molecule has 0 fully saturated rings. The quantitative estimate of drug-likeness (QED) is 0.656. The summed E-state index contributed by atoms with van der Waals surface area (Å²) in [6.45, 7) is 4.28. The van der Waals surface area contributed by atoms with Crippen molar-refractivity contribution >= 4 is 33.0 Å². The maximum atomic E-state index is 12.8. The fourth-order valence-electron chi connectivity index (χ4n) is 2.26. The second kappa shape index (κ2) is 6.49. The first-order chi connectivity index (χ1) is 9.15. The molecule has 0 spiro atoms. The van der Waals surface area contributed by atoms with E-state index in [4.69, 9.17) is 0 Å². The van der Waals surface area contributed by atoms with E-state index in [1.165, 1.54) is 0 Å². The van der Waals surface area contributed by atoms with E-state index in [0.717, 1.165) is 22.0 Å². The molecule has 100 valence electrons. The zero-order valence-electron chi connectivity index (χ0n) is 11.1. The number of halogens is 1. The van der Waals surface area contributed by atoms with E-state index < -0.39 is 0 Å². The van der Waals surface area contributed by atoms with Crippen LogP contribution in [0.15, 0.2) is 45.6 Å². The third-order valence-corrected chi connectivity index (χ3v) is 5.24. The molecule has 0 bridgehead atoms. The lowest BCUT2D eigenvalue weighted by Crippen LogP contribution is -2.19. The normalized spacial score (nSPS) is 14.1. The molecular formula is C16H17BrOS. The van der Waals surface area contributed by atoms with E-state index >= 15 is 0 Å². The Kier molecular flexibility index (Phi) is 4.94. The summed E-state index contributed by atoms with van der Waals surface area (Å²) >= 11 is 5.03. The molecule has 2 atom stereocenters. The summed E-state index contributed by atoms with van der Waals surface area (Å²) in [5, 5.41) is 3.90. The molecule has 3 heteroatoms. The van der Waals surface area contributed by atoms with Crippen LogP contribution in [-0.4, -0.2) is 5.78 Å². The minimum Gasteiger partial charge on any atom is -0.293 e. The van der Waals surface area contributed by atoms with Gasteiger partial charge < -0.3 is 0 Å². The molecule has 2 unspecified atom stereocenters. The van der Waals surface area contributed by atoms with Gasteiger partial charge in [0.25, 0.3) is 0 Å². The van der Waals surface area contributed by atoms with Crippen LogP contribution >= 0.6 is 27.3 Å². The highest BCUT2D eigenvalue weighted by molar-refractivity contribution is 9.10. The van der Waals surface area contributed by atoms with E-state index in [9.17, 15) is 4.79 Å². The van der Waals surface area contributed by atoms with Gasteiger partial charge in [-0.25, -0.2) is 0 Å². The Balaban J connectivity index is 2.39. The number of hydrogen-bond donors (Lipinski definition) is 0. The minimum atomic E-state index is -0.0582. The molecule has 1 aromatic carbocycles. The molecule has 0 saturated carbocycles. The van der Waals surface area contributed by atoms with Gasteiger partial charge in [-0.2, -0.15) is 11.3 Å².